The predicted molar refractivity (Wildman–Crippen MR) is 59.8 cm³/mol. The third-order valence-corrected chi connectivity index (χ3v) is 1.84. The normalized spacial score (nSPS) is 13.4. The topological polar surface area (TPSA) is 58.6 Å². The molecule has 0 bridgehead atoms. The number of carbonyl (C=O) groups is 1. The van der Waals surface area contributed by atoms with Gasteiger partial charge in [0.25, 0.3) is 0 Å². The zero-order valence-electron chi connectivity index (χ0n) is 10.2. The van der Waals surface area contributed by atoms with E-state index in [4.69, 9.17) is 9.84 Å². The van der Waals surface area contributed by atoms with Crippen LogP contribution in [0.1, 0.15) is 47.0 Å². The van der Waals surface area contributed by atoms with Crippen LogP contribution in [0.2, 0.25) is 0 Å². The van der Waals surface area contributed by atoms with Crippen LogP contribution in [0.5, 0.6) is 0 Å². The molecule has 0 saturated heterocycles. The van der Waals surface area contributed by atoms with Gasteiger partial charge in [0.2, 0.25) is 0 Å². The molecule has 0 heterocycles. The second kappa shape index (κ2) is 6.67. The molecule has 0 radical (unpaired) electrons. The molecule has 0 aromatic carbocycles. The Kier molecular flexibility index (Phi) is 6.32. The lowest BCUT2D eigenvalue weighted by molar-refractivity contribution is 0.0494. The Labute approximate surface area is 92.0 Å². The highest BCUT2D eigenvalue weighted by Crippen LogP contribution is 2.08. The molecule has 0 fully saturated rings. The quantitative estimate of drug-likeness (QED) is 0.741. The highest BCUT2D eigenvalue weighted by Gasteiger charge is 2.18. The molecule has 0 spiro atoms. The number of rotatable bonds is 5. The Hall–Kier alpha value is -0.770. The van der Waals surface area contributed by atoms with Crippen molar-refractivity contribution in [3.05, 3.63) is 0 Å². The van der Waals surface area contributed by atoms with E-state index in [1.54, 1.807) is 0 Å². The average molecular weight is 217 g/mol. The number of ether oxygens (including phenoxy) is 1. The van der Waals surface area contributed by atoms with Gasteiger partial charge in [-0.25, -0.2) is 4.79 Å². The van der Waals surface area contributed by atoms with E-state index in [0.717, 1.165) is 12.8 Å². The standard InChI is InChI=1S/C11H23NO3/c1-5-6-9(7-8-13)12-10(14)15-11(2,3)4/h9,13H,5-8H2,1-4H3,(H,12,14)/t9-/m1/s1. The minimum absolute atomic E-state index is 0.00912. The smallest absolute Gasteiger partial charge is 0.407 e. The van der Waals surface area contributed by atoms with Gasteiger partial charge in [0.15, 0.2) is 0 Å². The summed E-state index contributed by atoms with van der Waals surface area (Å²) < 4.78 is 5.13. The predicted octanol–water partition coefficient (Wildman–Crippen LogP) is 2.06. The Morgan fingerprint density at radius 3 is 2.40 bits per heavy atom. The van der Waals surface area contributed by atoms with Gasteiger partial charge in [0.1, 0.15) is 5.60 Å². The van der Waals surface area contributed by atoms with Crippen molar-refractivity contribution in [1.29, 1.82) is 0 Å². The monoisotopic (exact) mass is 217 g/mol. The molecule has 4 nitrogen and oxygen atoms in total. The summed E-state index contributed by atoms with van der Waals surface area (Å²) in [5.41, 5.74) is -0.472. The van der Waals surface area contributed by atoms with Crippen LogP contribution in [0.4, 0.5) is 4.79 Å². The highest BCUT2D eigenvalue weighted by atomic mass is 16.6. The molecule has 2 N–H and O–H groups in total. The molecule has 0 aromatic rings. The molecule has 0 saturated carbocycles. The van der Waals surface area contributed by atoms with Crippen molar-refractivity contribution in [1.82, 2.24) is 5.32 Å². The largest absolute Gasteiger partial charge is 0.444 e. The summed E-state index contributed by atoms with van der Waals surface area (Å²) >= 11 is 0. The van der Waals surface area contributed by atoms with Crippen molar-refractivity contribution in [3.8, 4) is 0 Å². The number of aliphatic hydroxyl groups excluding tert-OH is 1. The first-order chi connectivity index (χ1) is 6.89. The third kappa shape index (κ3) is 8.24. The molecule has 4 heteroatoms. The fourth-order valence-electron chi connectivity index (χ4n) is 1.27. The maximum Gasteiger partial charge on any atom is 0.407 e. The van der Waals surface area contributed by atoms with Gasteiger partial charge in [-0.2, -0.15) is 0 Å². The summed E-state index contributed by atoms with van der Waals surface area (Å²) in [6.07, 6.45) is 2.00. The molecule has 0 aliphatic heterocycles. The van der Waals surface area contributed by atoms with E-state index in [-0.39, 0.29) is 12.6 Å². The Bertz CT molecular complexity index is 181. The SMILES string of the molecule is CCC[C@H](CCO)NC(=O)OC(C)(C)C. The van der Waals surface area contributed by atoms with Crippen LogP contribution < -0.4 is 5.32 Å². The van der Waals surface area contributed by atoms with Crippen LogP contribution in [0.25, 0.3) is 0 Å². The number of hydrogen-bond donors (Lipinski definition) is 2. The van der Waals surface area contributed by atoms with Crippen LogP contribution in [-0.2, 0) is 4.74 Å². The number of aliphatic hydroxyl groups is 1. The Balaban J connectivity index is 3.99. The van der Waals surface area contributed by atoms with E-state index in [0.29, 0.717) is 6.42 Å². The molecule has 1 atom stereocenters. The van der Waals surface area contributed by atoms with Crippen molar-refractivity contribution in [2.75, 3.05) is 6.61 Å². The van der Waals surface area contributed by atoms with E-state index >= 15 is 0 Å². The van der Waals surface area contributed by atoms with Gasteiger partial charge < -0.3 is 15.2 Å². The van der Waals surface area contributed by atoms with Gasteiger partial charge in [-0.05, 0) is 33.6 Å². The lowest BCUT2D eigenvalue weighted by Crippen LogP contribution is -2.39. The van der Waals surface area contributed by atoms with Gasteiger partial charge in [-0.3, -0.25) is 0 Å². The summed E-state index contributed by atoms with van der Waals surface area (Å²) in [6.45, 7) is 7.61. The molecule has 0 aromatic heterocycles. The zero-order valence-corrected chi connectivity index (χ0v) is 10.2. The average Bonchev–Trinajstić information content (AvgIpc) is 2.00. The van der Waals surface area contributed by atoms with E-state index in [1.807, 2.05) is 27.7 Å². The van der Waals surface area contributed by atoms with Crippen molar-refractivity contribution in [3.63, 3.8) is 0 Å². The minimum atomic E-state index is -0.472. The summed E-state index contributed by atoms with van der Waals surface area (Å²) in [5.74, 6) is 0. The molecule has 1 amide bonds. The van der Waals surface area contributed by atoms with Crippen LogP contribution in [0.15, 0.2) is 0 Å². The Morgan fingerprint density at radius 2 is 2.00 bits per heavy atom. The van der Waals surface area contributed by atoms with Crippen LogP contribution in [0.3, 0.4) is 0 Å². The van der Waals surface area contributed by atoms with E-state index in [1.165, 1.54) is 0 Å². The maximum atomic E-state index is 11.4. The maximum absolute atomic E-state index is 11.4. The second-order valence-corrected chi connectivity index (χ2v) is 4.64. The number of carbonyl (C=O) groups excluding carboxylic acids is 1. The summed E-state index contributed by atoms with van der Waals surface area (Å²) in [5, 5.41) is 11.6. The lowest BCUT2D eigenvalue weighted by Gasteiger charge is -2.23. The number of amides is 1. The summed E-state index contributed by atoms with van der Waals surface area (Å²) in [4.78, 5) is 11.4. The van der Waals surface area contributed by atoms with Crippen molar-refractivity contribution >= 4 is 6.09 Å². The molecular weight excluding hydrogens is 194 g/mol. The van der Waals surface area contributed by atoms with Crippen LogP contribution >= 0.6 is 0 Å². The summed E-state index contributed by atoms with van der Waals surface area (Å²) in [7, 11) is 0. The first-order valence-electron chi connectivity index (χ1n) is 5.49. The van der Waals surface area contributed by atoms with Gasteiger partial charge in [0.05, 0.1) is 0 Å². The molecule has 0 rings (SSSR count). The van der Waals surface area contributed by atoms with Gasteiger partial charge in [-0.1, -0.05) is 13.3 Å². The molecule has 0 unspecified atom stereocenters. The number of nitrogens with one attached hydrogen (secondary N) is 1. The van der Waals surface area contributed by atoms with E-state index in [2.05, 4.69) is 5.32 Å². The van der Waals surface area contributed by atoms with Crippen LogP contribution in [0, 0.1) is 0 Å². The number of hydrogen-bond acceptors (Lipinski definition) is 3. The zero-order chi connectivity index (χ0) is 11.9. The van der Waals surface area contributed by atoms with Gasteiger partial charge in [-0.15, -0.1) is 0 Å². The third-order valence-electron chi connectivity index (χ3n) is 1.84. The first-order valence-corrected chi connectivity index (χ1v) is 5.49. The second-order valence-electron chi connectivity index (χ2n) is 4.64. The lowest BCUT2D eigenvalue weighted by atomic mass is 10.1. The highest BCUT2D eigenvalue weighted by molar-refractivity contribution is 5.68. The number of alkyl carbamates (subject to hydrolysis) is 1. The van der Waals surface area contributed by atoms with Gasteiger partial charge >= 0.3 is 6.09 Å². The van der Waals surface area contributed by atoms with E-state index < -0.39 is 11.7 Å². The summed E-state index contributed by atoms with van der Waals surface area (Å²) in [6, 6.07) is 0.00912. The fraction of sp³-hybridized carbons (Fsp3) is 0.909. The minimum Gasteiger partial charge on any atom is -0.444 e. The Morgan fingerprint density at radius 1 is 1.40 bits per heavy atom. The molecular formula is C11H23NO3. The van der Waals surface area contributed by atoms with Crippen molar-refractivity contribution in [2.45, 2.75) is 58.6 Å². The first kappa shape index (κ1) is 14.2. The van der Waals surface area contributed by atoms with E-state index in [9.17, 15) is 4.79 Å². The van der Waals surface area contributed by atoms with Crippen LogP contribution in [-0.4, -0.2) is 29.4 Å². The van der Waals surface area contributed by atoms with Crippen molar-refractivity contribution < 1.29 is 14.6 Å². The molecule has 15 heavy (non-hydrogen) atoms. The molecule has 0 aliphatic rings. The van der Waals surface area contributed by atoms with Crippen molar-refractivity contribution in [2.24, 2.45) is 0 Å². The van der Waals surface area contributed by atoms with Gasteiger partial charge in [0, 0.05) is 12.6 Å². The fourth-order valence-corrected chi connectivity index (χ4v) is 1.27. The molecule has 0 aliphatic carbocycles. The molecule has 90 valence electrons.